The molecule has 1 saturated carbocycles. The molecule has 0 bridgehead atoms. The van der Waals surface area contributed by atoms with Crippen molar-refractivity contribution >= 4 is 104 Å². The fourth-order valence-corrected chi connectivity index (χ4v) is 5.60. The Morgan fingerprint density at radius 2 is 1.49 bits per heavy atom. The number of carbonyl (C=O) groups excluding carboxylic acids is 3. The number of halogens is 9. The standard InChI is InChI=1S/C26H14Cl6F3N3O3/c1-9(33)23(39)38-22-16(34)4-5-17(21(22)35)37-24(40)12-8-11(2-3-13(12)27)36-25(41)19-18(26(19,31)32)10-6-14(28)20(30)15(29)7-10/h2-8,18-19H,1H2,(H,36,41)(H,37,40)(H,38,39)/t18-,19?/m0/s1. The van der Waals surface area contributed by atoms with Crippen molar-refractivity contribution in [3.05, 3.63) is 97.7 Å². The fraction of sp³-hybridized carbons (Fsp3) is 0.115. The zero-order chi connectivity index (χ0) is 30.4. The summed E-state index contributed by atoms with van der Waals surface area (Å²) in [7, 11) is 0. The largest absolute Gasteiger partial charge is 0.326 e. The van der Waals surface area contributed by atoms with E-state index in [0.717, 1.165) is 12.1 Å². The molecule has 0 aromatic heterocycles. The number of amides is 3. The van der Waals surface area contributed by atoms with Crippen molar-refractivity contribution < 1.29 is 27.6 Å². The highest BCUT2D eigenvalue weighted by Gasteiger charge is 2.67. The maximum atomic E-state index is 14.8. The number of hydrogen-bond donors (Lipinski definition) is 3. The van der Waals surface area contributed by atoms with E-state index in [-0.39, 0.29) is 31.3 Å². The first-order valence-corrected chi connectivity index (χ1v) is 13.5. The summed E-state index contributed by atoms with van der Waals surface area (Å²) in [5, 5.41) is 6.82. The van der Waals surface area contributed by atoms with Gasteiger partial charge in [-0.1, -0.05) is 53.0 Å². The second-order valence-electron chi connectivity index (χ2n) is 8.71. The van der Waals surface area contributed by atoms with Crippen molar-refractivity contribution in [2.45, 2.75) is 10.3 Å². The maximum absolute atomic E-state index is 14.8. The van der Waals surface area contributed by atoms with Gasteiger partial charge in [-0.2, -0.15) is 0 Å². The molecule has 3 N–H and O–H groups in total. The SMILES string of the molecule is C=C(F)C(=O)Nc1c(F)ccc(NC(=O)c2cc(NC(=O)C3[C@H](c4cc(Cl)c(Cl)c(Cl)c4)C3(Cl)Cl)ccc2Cl)c1F. The molecule has 0 aliphatic heterocycles. The van der Waals surface area contributed by atoms with Gasteiger partial charge < -0.3 is 16.0 Å². The van der Waals surface area contributed by atoms with Crippen LogP contribution >= 0.6 is 69.6 Å². The predicted molar refractivity (Wildman–Crippen MR) is 155 cm³/mol. The molecule has 0 radical (unpaired) electrons. The van der Waals surface area contributed by atoms with Crippen molar-refractivity contribution in [3.63, 3.8) is 0 Å². The molecule has 2 atom stereocenters. The quantitative estimate of drug-likeness (QED) is 0.132. The molecule has 0 heterocycles. The smallest absolute Gasteiger partial charge is 0.283 e. The van der Waals surface area contributed by atoms with Gasteiger partial charge in [0.2, 0.25) is 5.91 Å². The molecule has 214 valence electrons. The topological polar surface area (TPSA) is 87.3 Å². The fourth-order valence-electron chi connectivity index (χ4n) is 3.95. The zero-order valence-corrected chi connectivity index (χ0v) is 24.6. The van der Waals surface area contributed by atoms with Crippen LogP contribution in [0.1, 0.15) is 21.8 Å². The molecule has 15 heteroatoms. The average molecular weight is 686 g/mol. The first-order valence-electron chi connectivity index (χ1n) is 11.2. The maximum Gasteiger partial charge on any atom is 0.283 e. The van der Waals surface area contributed by atoms with Gasteiger partial charge in [0.25, 0.3) is 11.8 Å². The molecular formula is C26H14Cl6F3N3O3. The van der Waals surface area contributed by atoms with E-state index in [9.17, 15) is 27.6 Å². The Morgan fingerprint density at radius 1 is 0.854 bits per heavy atom. The van der Waals surface area contributed by atoms with Crippen LogP contribution in [0, 0.1) is 17.6 Å². The Balaban J connectivity index is 1.53. The number of alkyl halides is 2. The van der Waals surface area contributed by atoms with Gasteiger partial charge in [0, 0.05) is 11.6 Å². The van der Waals surface area contributed by atoms with Crippen LogP contribution < -0.4 is 16.0 Å². The van der Waals surface area contributed by atoms with Gasteiger partial charge in [-0.3, -0.25) is 14.4 Å². The summed E-state index contributed by atoms with van der Waals surface area (Å²) in [6, 6.07) is 8.50. The van der Waals surface area contributed by atoms with Crippen molar-refractivity contribution in [1.82, 2.24) is 0 Å². The van der Waals surface area contributed by atoms with Crippen LogP contribution in [-0.2, 0) is 9.59 Å². The Kier molecular flexibility index (Phi) is 9.09. The molecule has 1 aliphatic rings. The second kappa shape index (κ2) is 11.9. The van der Waals surface area contributed by atoms with Gasteiger partial charge in [0.1, 0.15) is 15.8 Å². The lowest BCUT2D eigenvalue weighted by molar-refractivity contribution is -0.117. The van der Waals surface area contributed by atoms with E-state index in [1.54, 1.807) is 5.32 Å². The van der Waals surface area contributed by atoms with Crippen LogP contribution in [0.3, 0.4) is 0 Å². The first kappa shape index (κ1) is 31.3. The molecule has 3 amide bonds. The first-order chi connectivity index (χ1) is 19.1. The monoisotopic (exact) mass is 683 g/mol. The van der Waals surface area contributed by atoms with Crippen LogP contribution in [-0.4, -0.2) is 22.1 Å². The lowest BCUT2D eigenvalue weighted by atomic mass is 10.1. The predicted octanol–water partition coefficient (Wildman–Crippen LogP) is 8.78. The van der Waals surface area contributed by atoms with E-state index >= 15 is 0 Å². The van der Waals surface area contributed by atoms with Gasteiger partial charge in [0.15, 0.2) is 11.6 Å². The van der Waals surface area contributed by atoms with Gasteiger partial charge in [0.05, 0.1) is 37.3 Å². The minimum atomic E-state index is -1.50. The summed E-state index contributed by atoms with van der Waals surface area (Å²) < 4.78 is 40.4. The van der Waals surface area contributed by atoms with Crippen LogP contribution in [0.5, 0.6) is 0 Å². The highest BCUT2D eigenvalue weighted by molar-refractivity contribution is 6.54. The molecule has 41 heavy (non-hydrogen) atoms. The lowest BCUT2D eigenvalue weighted by Gasteiger charge is -2.13. The highest BCUT2D eigenvalue weighted by atomic mass is 35.5. The Morgan fingerprint density at radius 3 is 2.10 bits per heavy atom. The van der Waals surface area contributed by atoms with Crippen LogP contribution in [0.2, 0.25) is 20.1 Å². The summed E-state index contributed by atoms with van der Waals surface area (Å²) in [6.07, 6.45) is 0. The summed E-state index contributed by atoms with van der Waals surface area (Å²) in [6.45, 7) is 2.74. The lowest BCUT2D eigenvalue weighted by Crippen LogP contribution is -2.19. The molecule has 3 aromatic rings. The number of anilines is 3. The molecule has 0 saturated heterocycles. The van der Waals surface area contributed by atoms with Crippen molar-refractivity contribution in [2.75, 3.05) is 16.0 Å². The van der Waals surface area contributed by atoms with Gasteiger partial charge in [-0.25, -0.2) is 13.2 Å². The van der Waals surface area contributed by atoms with Gasteiger partial charge in [-0.15, -0.1) is 23.2 Å². The number of carbonyl (C=O) groups is 3. The summed E-state index contributed by atoms with van der Waals surface area (Å²) in [4.78, 5) is 37.5. The summed E-state index contributed by atoms with van der Waals surface area (Å²) in [5.41, 5.74) is -1.18. The van der Waals surface area contributed by atoms with Crippen LogP contribution in [0.25, 0.3) is 0 Å². The molecule has 1 fully saturated rings. The van der Waals surface area contributed by atoms with Crippen molar-refractivity contribution in [1.29, 1.82) is 0 Å². The molecule has 4 rings (SSSR count). The number of rotatable bonds is 7. The molecule has 6 nitrogen and oxygen atoms in total. The molecule has 1 aliphatic carbocycles. The summed E-state index contributed by atoms with van der Waals surface area (Å²) in [5.74, 6) is -8.75. The molecule has 0 spiro atoms. The van der Waals surface area contributed by atoms with E-state index in [2.05, 4.69) is 17.2 Å². The molecular weight excluding hydrogens is 672 g/mol. The second-order valence-corrected chi connectivity index (χ2v) is 11.8. The van der Waals surface area contributed by atoms with E-state index in [4.69, 9.17) is 69.6 Å². The van der Waals surface area contributed by atoms with E-state index < -0.39 is 62.7 Å². The Bertz CT molecular complexity index is 1610. The van der Waals surface area contributed by atoms with E-state index in [1.165, 1.54) is 30.3 Å². The average Bonchev–Trinajstić information content (AvgIpc) is 3.49. The highest BCUT2D eigenvalue weighted by Crippen LogP contribution is 2.65. The number of hydrogen-bond acceptors (Lipinski definition) is 3. The third-order valence-corrected chi connectivity index (χ3v) is 8.47. The summed E-state index contributed by atoms with van der Waals surface area (Å²) >= 11 is 37.1. The third-order valence-electron chi connectivity index (χ3n) is 6.00. The number of nitrogens with one attached hydrogen (secondary N) is 3. The normalized spacial score (nSPS) is 17.0. The Hall–Kier alpha value is -2.66. The van der Waals surface area contributed by atoms with Crippen molar-refractivity contribution in [3.8, 4) is 0 Å². The van der Waals surface area contributed by atoms with E-state index in [1.807, 2.05) is 0 Å². The van der Waals surface area contributed by atoms with E-state index in [0.29, 0.717) is 5.56 Å². The Labute approximate surface area is 260 Å². The number of benzene rings is 3. The third kappa shape index (κ3) is 6.40. The van der Waals surface area contributed by atoms with Crippen LogP contribution in [0.15, 0.2) is 54.9 Å². The minimum absolute atomic E-state index is 0.0796. The molecule has 1 unspecified atom stereocenters. The van der Waals surface area contributed by atoms with Crippen LogP contribution in [0.4, 0.5) is 30.2 Å². The zero-order valence-electron chi connectivity index (χ0n) is 20.0. The minimum Gasteiger partial charge on any atom is -0.326 e. The van der Waals surface area contributed by atoms with Gasteiger partial charge in [-0.05, 0) is 48.0 Å². The molecule has 3 aromatic carbocycles. The van der Waals surface area contributed by atoms with Crippen molar-refractivity contribution in [2.24, 2.45) is 5.92 Å². The van der Waals surface area contributed by atoms with Gasteiger partial charge >= 0.3 is 0 Å².